The summed E-state index contributed by atoms with van der Waals surface area (Å²) in [6.07, 6.45) is 5.56. The van der Waals surface area contributed by atoms with Crippen LogP contribution in [0.1, 0.15) is 29.3 Å². The molecule has 0 spiro atoms. The van der Waals surface area contributed by atoms with Crippen molar-refractivity contribution in [2.24, 2.45) is 0 Å². The Bertz CT molecular complexity index is 303. The van der Waals surface area contributed by atoms with Crippen molar-refractivity contribution >= 4 is 6.29 Å². The smallest absolute Gasteiger partial charge is 0.196 e. The second-order valence-corrected chi connectivity index (χ2v) is 3.57. The fourth-order valence-electron chi connectivity index (χ4n) is 1.75. The Morgan fingerprint density at radius 3 is 2.93 bits per heavy atom. The van der Waals surface area contributed by atoms with Crippen molar-refractivity contribution < 1.29 is 9.21 Å². The van der Waals surface area contributed by atoms with Crippen LogP contribution in [0, 0.1) is 0 Å². The van der Waals surface area contributed by atoms with E-state index in [1.807, 2.05) is 0 Å². The molecule has 0 aromatic carbocycles. The summed E-state index contributed by atoms with van der Waals surface area (Å²) >= 11 is 0. The molecule has 0 N–H and O–H groups in total. The minimum Gasteiger partial charge on any atom is -0.438 e. The van der Waals surface area contributed by atoms with Crippen molar-refractivity contribution in [1.82, 2.24) is 9.88 Å². The second-order valence-electron chi connectivity index (χ2n) is 3.57. The molecule has 1 aliphatic rings. The van der Waals surface area contributed by atoms with Crippen LogP contribution in [-0.4, -0.2) is 35.8 Å². The van der Waals surface area contributed by atoms with Crippen molar-refractivity contribution in [2.75, 3.05) is 19.6 Å². The van der Waals surface area contributed by atoms with Gasteiger partial charge in [0.15, 0.2) is 17.9 Å². The lowest BCUT2D eigenvalue weighted by Crippen LogP contribution is -2.21. The van der Waals surface area contributed by atoms with Gasteiger partial charge in [-0.2, -0.15) is 0 Å². The molecule has 2 rings (SSSR count). The van der Waals surface area contributed by atoms with E-state index in [1.54, 1.807) is 0 Å². The van der Waals surface area contributed by atoms with E-state index < -0.39 is 0 Å². The van der Waals surface area contributed by atoms with Crippen molar-refractivity contribution in [3.8, 4) is 0 Å². The van der Waals surface area contributed by atoms with E-state index >= 15 is 0 Å². The molecule has 0 amide bonds. The first-order valence-electron chi connectivity index (χ1n) is 5.01. The van der Waals surface area contributed by atoms with Gasteiger partial charge in [-0.15, -0.1) is 0 Å². The number of aromatic nitrogens is 1. The molecular formula is C10H14N2O2. The number of carbonyl (C=O) groups is 1. The van der Waals surface area contributed by atoms with E-state index in [0.29, 0.717) is 17.9 Å². The summed E-state index contributed by atoms with van der Waals surface area (Å²) in [6.45, 7) is 3.35. The molecule has 4 nitrogen and oxygen atoms in total. The number of hydrogen-bond donors (Lipinski definition) is 0. The largest absolute Gasteiger partial charge is 0.438 e. The molecule has 0 saturated carbocycles. The van der Waals surface area contributed by atoms with Crippen molar-refractivity contribution in [3.63, 3.8) is 0 Å². The number of likely N-dealkylation sites (tertiary alicyclic amines) is 1. The van der Waals surface area contributed by atoms with Gasteiger partial charge >= 0.3 is 0 Å². The molecule has 0 aliphatic carbocycles. The lowest BCUT2D eigenvalue weighted by molar-refractivity contribution is 0.109. The van der Waals surface area contributed by atoms with Gasteiger partial charge < -0.3 is 9.32 Å². The van der Waals surface area contributed by atoms with E-state index in [1.165, 1.54) is 32.1 Å². The summed E-state index contributed by atoms with van der Waals surface area (Å²) in [7, 11) is 0. The zero-order chi connectivity index (χ0) is 9.80. The molecular weight excluding hydrogens is 180 g/mol. The average Bonchev–Trinajstić information content (AvgIpc) is 2.86. The third-order valence-corrected chi connectivity index (χ3v) is 2.53. The molecule has 0 atom stereocenters. The molecule has 1 saturated heterocycles. The van der Waals surface area contributed by atoms with Gasteiger partial charge in [0.1, 0.15) is 0 Å². The maximum atomic E-state index is 10.3. The number of carbonyl (C=O) groups excluding carboxylic acids is 1. The third-order valence-electron chi connectivity index (χ3n) is 2.53. The molecule has 1 aliphatic heterocycles. The van der Waals surface area contributed by atoms with Gasteiger partial charge in [0.05, 0.1) is 6.20 Å². The van der Waals surface area contributed by atoms with Crippen LogP contribution < -0.4 is 0 Å². The van der Waals surface area contributed by atoms with Gasteiger partial charge in [0, 0.05) is 13.0 Å². The van der Waals surface area contributed by atoms with Crippen molar-refractivity contribution in [1.29, 1.82) is 0 Å². The van der Waals surface area contributed by atoms with E-state index in [2.05, 4.69) is 9.88 Å². The maximum absolute atomic E-state index is 10.3. The molecule has 76 valence electrons. The highest BCUT2D eigenvalue weighted by Gasteiger charge is 2.12. The molecule has 0 bridgehead atoms. The van der Waals surface area contributed by atoms with Crippen LogP contribution >= 0.6 is 0 Å². The summed E-state index contributed by atoms with van der Waals surface area (Å²) in [5.74, 6) is 0.987. The minimum atomic E-state index is 0.321. The normalized spacial score (nSPS) is 17.4. The first-order valence-corrected chi connectivity index (χ1v) is 5.01. The molecule has 2 heterocycles. The second kappa shape index (κ2) is 4.37. The van der Waals surface area contributed by atoms with Crippen molar-refractivity contribution in [3.05, 3.63) is 17.8 Å². The number of rotatable bonds is 4. The Labute approximate surface area is 82.9 Å². The lowest BCUT2D eigenvalue weighted by Gasteiger charge is -2.12. The first-order chi connectivity index (χ1) is 6.88. The molecule has 4 heteroatoms. The standard InChI is InChI=1S/C10H14N2O2/c13-8-9-7-11-10(14-9)3-6-12-4-1-2-5-12/h7-8H,1-6H2. The summed E-state index contributed by atoms with van der Waals surface area (Å²) in [5, 5.41) is 0. The highest BCUT2D eigenvalue weighted by molar-refractivity contribution is 5.69. The van der Waals surface area contributed by atoms with Crippen LogP contribution in [0.25, 0.3) is 0 Å². The number of nitrogens with zero attached hydrogens (tertiary/aromatic N) is 2. The van der Waals surface area contributed by atoms with E-state index in [9.17, 15) is 4.79 Å². The number of aldehydes is 1. The Hall–Kier alpha value is -1.16. The zero-order valence-electron chi connectivity index (χ0n) is 8.11. The van der Waals surface area contributed by atoms with E-state index in [4.69, 9.17) is 4.42 Å². The molecule has 1 aromatic rings. The molecule has 1 aromatic heterocycles. The first kappa shape index (κ1) is 9.40. The average molecular weight is 194 g/mol. The van der Waals surface area contributed by atoms with Crippen LogP contribution in [0.4, 0.5) is 0 Å². The summed E-state index contributed by atoms with van der Waals surface area (Å²) in [6, 6.07) is 0. The maximum Gasteiger partial charge on any atom is 0.196 e. The summed E-state index contributed by atoms with van der Waals surface area (Å²) in [4.78, 5) is 16.8. The fourth-order valence-corrected chi connectivity index (χ4v) is 1.75. The van der Waals surface area contributed by atoms with Gasteiger partial charge in [0.2, 0.25) is 0 Å². The fraction of sp³-hybridized carbons (Fsp3) is 0.600. The van der Waals surface area contributed by atoms with Crippen LogP contribution in [-0.2, 0) is 6.42 Å². The van der Waals surface area contributed by atoms with Gasteiger partial charge in [-0.3, -0.25) is 4.79 Å². The highest BCUT2D eigenvalue weighted by Crippen LogP contribution is 2.09. The molecule has 14 heavy (non-hydrogen) atoms. The van der Waals surface area contributed by atoms with Gasteiger partial charge in [0.25, 0.3) is 0 Å². The predicted molar refractivity (Wildman–Crippen MR) is 51.3 cm³/mol. The van der Waals surface area contributed by atoms with Gasteiger partial charge in [-0.25, -0.2) is 4.98 Å². The highest BCUT2D eigenvalue weighted by atomic mass is 16.4. The number of hydrogen-bond acceptors (Lipinski definition) is 4. The molecule has 1 fully saturated rings. The molecule has 0 unspecified atom stereocenters. The number of oxazole rings is 1. The third kappa shape index (κ3) is 2.20. The van der Waals surface area contributed by atoms with Gasteiger partial charge in [-0.1, -0.05) is 0 Å². The summed E-state index contributed by atoms with van der Waals surface area (Å²) in [5.41, 5.74) is 0. The van der Waals surface area contributed by atoms with Crippen LogP contribution in [0.2, 0.25) is 0 Å². The molecule has 0 radical (unpaired) electrons. The van der Waals surface area contributed by atoms with E-state index in [0.717, 1.165) is 13.0 Å². The zero-order valence-corrected chi connectivity index (χ0v) is 8.11. The minimum absolute atomic E-state index is 0.321. The Morgan fingerprint density at radius 2 is 2.29 bits per heavy atom. The Kier molecular flexibility index (Phi) is 2.93. The quantitative estimate of drug-likeness (QED) is 0.674. The predicted octanol–water partition coefficient (Wildman–Crippen LogP) is 1.13. The van der Waals surface area contributed by atoms with Crippen LogP contribution in [0.15, 0.2) is 10.6 Å². The van der Waals surface area contributed by atoms with Gasteiger partial charge in [-0.05, 0) is 25.9 Å². The topological polar surface area (TPSA) is 46.3 Å². The van der Waals surface area contributed by atoms with Crippen LogP contribution in [0.3, 0.4) is 0 Å². The Morgan fingerprint density at radius 1 is 1.50 bits per heavy atom. The van der Waals surface area contributed by atoms with Crippen molar-refractivity contribution in [2.45, 2.75) is 19.3 Å². The van der Waals surface area contributed by atoms with Crippen LogP contribution in [0.5, 0.6) is 0 Å². The van der Waals surface area contributed by atoms with E-state index in [-0.39, 0.29) is 0 Å². The summed E-state index contributed by atoms with van der Waals surface area (Å²) < 4.78 is 5.19. The SMILES string of the molecule is O=Cc1cnc(CCN2CCCC2)o1. The lowest BCUT2D eigenvalue weighted by atomic mass is 10.4. The monoisotopic (exact) mass is 194 g/mol. The Balaban J connectivity index is 1.81.